The third-order valence-electron chi connectivity index (χ3n) is 3.17. The Hall–Kier alpha value is -2.76. The average Bonchev–Trinajstić information content (AvgIpc) is 2.50. The number of carbonyl (C=O) groups excluding carboxylic acids is 2. The summed E-state index contributed by atoms with van der Waals surface area (Å²) in [6.07, 6.45) is -0.0690. The number of hydrogen-bond acceptors (Lipinski definition) is 2. The second kappa shape index (κ2) is 7.49. The summed E-state index contributed by atoms with van der Waals surface area (Å²) >= 11 is 0. The van der Waals surface area contributed by atoms with Gasteiger partial charge in [0, 0.05) is 13.0 Å². The molecule has 4 nitrogen and oxygen atoms in total. The van der Waals surface area contributed by atoms with Gasteiger partial charge in [-0.3, -0.25) is 9.59 Å². The Morgan fingerprint density at radius 3 is 2.39 bits per heavy atom. The molecule has 2 amide bonds. The highest BCUT2D eigenvalue weighted by atomic mass is 19.1. The first-order valence-corrected chi connectivity index (χ1v) is 7.02. The van der Waals surface area contributed by atoms with Crippen molar-refractivity contribution in [2.45, 2.75) is 19.4 Å². The van der Waals surface area contributed by atoms with E-state index < -0.39 is 23.6 Å². The number of carbonyl (C=O) groups is 2. The largest absolute Gasteiger partial charge is 0.349 e. The Kier molecular flexibility index (Phi) is 5.41. The highest BCUT2D eigenvalue weighted by Crippen LogP contribution is 2.19. The smallest absolute Gasteiger partial charge is 0.226 e. The Balaban J connectivity index is 2.09. The molecule has 0 radical (unpaired) electrons. The average molecular weight is 318 g/mol. The molecule has 0 fully saturated rings. The molecule has 0 spiro atoms. The van der Waals surface area contributed by atoms with Crippen LogP contribution in [0.3, 0.4) is 0 Å². The first-order valence-electron chi connectivity index (χ1n) is 7.02. The van der Waals surface area contributed by atoms with E-state index in [0.29, 0.717) is 6.07 Å². The third-order valence-corrected chi connectivity index (χ3v) is 3.17. The predicted octanol–water partition coefficient (Wildman–Crippen LogP) is 3.17. The van der Waals surface area contributed by atoms with Gasteiger partial charge in [-0.05, 0) is 17.7 Å². The van der Waals surface area contributed by atoms with Crippen LogP contribution in [-0.2, 0) is 9.59 Å². The molecular weight excluding hydrogens is 302 g/mol. The standard InChI is InChI=1S/C17H16F2N2O2/c1-11(22)20-16(12-5-3-2-4-6-12)10-17(23)21-15-8-7-13(18)9-14(15)19/h2-9,16H,10H2,1H3,(H,20,22)(H,21,23)/t16-/m0/s1. The summed E-state index contributed by atoms with van der Waals surface area (Å²) < 4.78 is 26.4. The maximum Gasteiger partial charge on any atom is 0.226 e. The van der Waals surface area contributed by atoms with E-state index in [4.69, 9.17) is 0 Å². The van der Waals surface area contributed by atoms with Crippen LogP contribution in [0.15, 0.2) is 48.5 Å². The van der Waals surface area contributed by atoms with Crippen molar-refractivity contribution in [1.29, 1.82) is 0 Å². The maximum atomic E-state index is 13.6. The van der Waals surface area contributed by atoms with Gasteiger partial charge in [0.2, 0.25) is 11.8 Å². The van der Waals surface area contributed by atoms with Gasteiger partial charge in [0.25, 0.3) is 0 Å². The van der Waals surface area contributed by atoms with Gasteiger partial charge in [0.1, 0.15) is 11.6 Å². The zero-order chi connectivity index (χ0) is 16.8. The first-order chi connectivity index (χ1) is 11.0. The zero-order valence-electron chi connectivity index (χ0n) is 12.5. The zero-order valence-corrected chi connectivity index (χ0v) is 12.5. The summed E-state index contributed by atoms with van der Waals surface area (Å²) in [5.41, 5.74) is 0.656. The van der Waals surface area contributed by atoms with Gasteiger partial charge in [-0.25, -0.2) is 8.78 Å². The van der Waals surface area contributed by atoms with Crippen molar-refractivity contribution in [2.24, 2.45) is 0 Å². The van der Waals surface area contributed by atoms with E-state index in [1.54, 1.807) is 24.3 Å². The van der Waals surface area contributed by atoms with Crippen LogP contribution in [-0.4, -0.2) is 11.8 Å². The fourth-order valence-electron chi connectivity index (χ4n) is 2.16. The van der Waals surface area contributed by atoms with Crippen LogP contribution >= 0.6 is 0 Å². The second-order valence-electron chi connectivity index (χ2n) is 5.04. The van der Waals surface area contributed by atoms with Crippen molar-refractivity contribution in [3.05, 3.63) is 65.7 Å². The number of halogens is 2. The molecule has 2 N–H and O–H groups in total. The van der Waals surface area contributed by atoms with E-state index in [1.165, 1.54) is 6.92 Å². The third kappa shape index (κ3) is 4.88. The minimum Gasteiger partial charge on any atom is -0.349 e. The van der Waals surface area contributed by atoms with E-state index in [9.17, 15) is 18.4 Å². The van der Waals surface area contributed by atoms with Crippen LogP contribution in [0.25, 0.3) is 0 Å². The van der Waals surface area contributed by atoms with Crippen LogP contribution in [0, 0.1) is 11.6 Å². The summed E-state index contributed by atoms with van der Waals surface area (Å²) in [7, 11) is 0. The molecule has 23 heavy (non-hydrogen) atoms. The highest BCUT2D eigenvalue weighted by molar-refractivity contribution is 5.91. The first kappa shape index (κ1) is 16.6. The molecule has 2 aromatic rings. The molecule has 2 aromatic carbocycles. The maximum absolute atomic E-state index is 13.6. The van der Waals surface area contributed by atoms with Gasteiger partial charge in [-0.1, -0.05) is 30.3 Å². The lowest BCUT2D eigenvalue weighted by molar-refractivity contribution is -0.120. The monoisotopic (exact) mass is 318 g/mol. The van der Waals surface area contributed by atoms with Crippen molar-refractivity contribution in [3.8, 4) is 0 Å². The summed E-state index contributed by atoms with van der Waals surface area (Å²) in [6.45, 7) is 1.35. The summed E-state index contributed by atoms with van der Waals surface area (Å²) in [5, 5.41) is 5.06. The molecule has 0 saturated heterocycles. The molecule has 0 aromatic heterocycles. The molecule has 120 valence electrons. The Morgan fingerprint density at radius 1 is 1.09 bits per heavy atom. The molecule has 0 bridgehead atoms. The van der Waals surface area contributed by atoms with Crippen molar-refractivity contribution in [3.63, 3.8) is 0 Å². The van der Waals surface area contributed by atoms with Gasteiger partial charge in [0.15, 0.2) is 0 Å². The normalized spacial score (nSPS) is 11.6. The number of nitrogens with one attached hydrogen (secondary N) is 2. The topological polar surface area (TPSA) is 58.2 Å². The van der Waals surface area contributed by atoms with Crippen LogP contribution < -0.4 is 10.6 Å². The quantitative estimate of drug-likeness (QED) is 0.889. The lowest BCUT2D eigenvalue weighted by atomic mass is 10.0. The number of rotatable bonds is 5. The molecule has 0 heterocycles. The van der Waals surface area contributed by atoms with Gasteiger partial charge in [0.05, 0.1) is 18.2 Å². The molecule has 1 atom stereocenters. The molecule has 0 aliphatic rings. The van der Waals surface area contributed by atoms with E-state index in [-0.39, 0.29) is 18.0 Å². The Morgan fingerprint density at radius 2 is 1.78 bits per heavy atom. The summed E-state index contributed by atoms with van der Waals surface area (Å²) in [6, 6.07) is 11.3. The fourth-order valence-corrected chi connectivity index (χ4v) is 2.16. The van der Waals surface area contributed by atoms with E-state index >= 15 is 0 Å². The molecular formula is C17H16F2N2O2. The van der Waals surface area contributed by atoms with Crippen molar-refractivity contribution in [2.75, 3.05) is 5.32 Å². The van der Waals surface area contributed by atoms with Gasteiger partial charge >= 0.3 is 0 Å². The number of amides is 2. The van der Waals surface area contributed by atoms with Crippen molar-refractivity contribution < 1.29 is 18.4 Å². The summed E-state index contributed by atoms with van der Waals surface area (Å²) in [5.74, 6) is -2.34. The van der Waals surface area contributed by atoms with Gasteiger partial charge in [-0.15, -0.1) is 0 Å². The minimum atomic E-state index is -0.853. The van der Waals surface area contributed by atoms with E-state index in [0.717, 1.165) is 17.7 Å². The molecule has 0 unspecified atom stereocenters. The van der Waals surface area contributed by atoms with Crippen LogP contribution in [0.5, 0.6) is 0 Å². The molecule has 0 aliphatic heterocycles. The van der Waals surface area contributed by atoms with Crippen LogP contribution in [0.2, 0.25) is 0 Å². The Labute approximate surface area is 132 Å². The molecule has 0 saturated carbocycles. The molecule has 0 aliphatic carbocycles. The van der Waals surface area contributed by atoms with Crippen LogP contribution in [0.4, 0.5) is 14.5 Å². The minimum absolute atomic E-state index is 0.0690. The lowest BCUT2D eigenvalue weighted by Gasteiger charge is -2.18. The van der Waals surface area contributed by atoms with Crippen molar-refractivity contribution >= 4 is 17.5 Å². The second-order valence-corrected chi connectivity index (χ2v) is 5.04. The van der Waals surface area contributed by atoms with Gasteiger partial charge in [-0.2, -0.15) is 0 Å². The highest BCUT2D eigenvalue weighted by Gasteiger charge is 2.18. The predicted molar refractivity (Wildman–Crippen MR) is 82.6 cm³/mol. The number of hydrogen-bond donors (Lipinski definition) is 2. The van der Waals surface area contributed by atoms with Crippen LogP contribution in [0.1, 0.15) is 24.9 Å². The number of benzene rings is 2. The van der Waals surface area contributed by atoms with E-state index in [1.807, 2.05) is 6.07 Å². The molecule has 6 heteroatoms. The molecule has 2 rings (SSSR count). The number of anilines is 1. The SMILES string of the molecule is CC(=O)N[C@@H](CC(=O)Nc1ccc(F)cc1F)c1ccccc1. The Bertz CT molecular complexity index is 705. The van der Waals surface area contributed by atoms with Crippen molar-refractivity contribution in [1.82, 2.24) is 5.32 Å². The van der Waals surface area contributed by atoms with Gasteiger partial charge < -0.3 is 10.6 Å². The van der Waals surface area contributed by atoms with E-state index in [2.05, 4.69) is 10.6 Å². The fraction of sp³-hybridized carbons (Fsp3) is 0.176. The lowest BCUT2D eigenvalue weighted by Crippen LogP contribution is -2.29. The summed E-state index contributed by atoms with van der Waals surface area (Å²) in [4.78, 5) is 23.4.